The number of thiazole rings is 1. The second-order valence-electron chi connectivity index (χ2n) is 3.14. The van der Waals surface area contributed by atoms with Gasteiger partial charge in [0.1, 0.15) is 5.01 Å². The smallest absolute Gasteiger partial charge is 0.106 e. The predicted octanol–water partition coefficient (Wildman–Crippen LogP) is 2.50. The number of halogens is 1. The Morgan fingerprint density at radius 2 is 2.54 bits per heavy atom. The lowest BCUT2D eigenvalue weighted by Crippen LogP contribution is -2.20. The number of hydrogen-bond donors (Lipinski definition) is 1. The Morgan fingerprint density at radius 3 is 3.15 bits per heavy atom. The molecule has 1 unspecified atom stereocenters. The summed E-state index contributed by atoms with van der Waals surface area (Å²) in [6, 6.07) is 0. The summed E-state index contributed by atoms with van der Waals surface area (Å²) in [6.07, 6.45) is 2.91. The zero-order valence-corrected chi connectivity index (χ0v) is 9.37. The summed E-state index contributed by atoms with van der Waals surface area (Å²) in [5.74, 6) is 1.40. The van der Waals surface area contributed by atoms with Gasteiger partial charge in [-0.2, -0.15) is 0 Å². The van der Waals surface area contributed by atoms with Gasteiger partial charge in [0, 0.05) is 24.0 Å². The molecule has 1 atom stereocenters. The van der Waals surface area contributed by atoms with E-state index in [-0.39, 0.29) is 0 Å². The second-order valence-corrected chi connectivity index (χ2v) is 4.50. The number of nitrogens with zero attached hydrogens (tertiary/aromatic N) is 1. The maximum atomic E-state index is 5.64. The van der Waals surface area contributed by atoms with Crippen molar-refractivity contribution in [3.8, 4) is 0 Å². The molecule has 0 bridgehead atoms. The van der Waals surface area contributed by atoms with Crippen LogP contribution in [-0.2, 0) is 6.54 Å². The molecule has 0 spiro atoms. The molecule has 0 saturated heterocycles. The summed E-state index contributed by atoms with van der Waals surface area (Å²) >= 11 is 7.33. The summed E-state index contributed by atoms with van der Waals surface area (Å²) in [7, 11) is 0. The standard InChI is InChI=1S/C9H15ClN2S/c1-8(2-3-10)6-11-7-9-12-4-5-13-9/h4-5,8,11H,2-3,6-7H2,1H3. The Kier molecular flexibility index (Phi) is 5.35. The van der Waals surface area contributed by atoms with E-state index >= 15 is 0 Å². The molecule has 0 fully saturated rings. The third-order valence-electron chi connectivity index (χ3n) is 1.85. The lowest BCUT2D eigenvalue weighted by molar-refractivity contribution is 0.501. The van der Waals surface area contributed by atoms with Crippen molar-refractivity contribution in [2.45, 2.75) is 19.9 Å². The number of nitrogens with one attached hydrogen (secondary N) is 1. The van der Waals surface area contributed by atoms with Crippen LogP contribution in [0.1, 0.15) is 18.4 Å². The highest BCUT2D eigenvalue weighted by atomic mass is 35.5. The molecule has 0 amide bonds. The molecule has 0 aliphatic rings. The molecule has 1 N–H and O–H groups in total. The first-order chi connectivity index (χ1) is 6.33. The van der Waals surface area contributed by atoms with Gasteiger partial charge in [-0.3, -0.25) is 0 Å². The predicted molar refractivity (Wildman–Crippen MR) is 58.3 cm³/mol. The van der Waals surface area contributed by atoms with E-state index in [0.29, 0.717) is 5.92 Å². The monoisotopic (exact) mass is 218 g/mol. The molecule has 13 heavy (non-hydrogen) atoms. The van der Waals surface area contributed by atoms with Gasteiger partial charge >= 0.3 is 0 Å². The van der Waals surface area contributed by atoms with Gasteiger partial charge < -0.3 is 5.32 Å². The van der Waals surface area contributed by atoms with Crippen LogP contribution in [0.4, 0.5) is 0 Å². The first-order valence-electron chi connectivity index (χ1n) is 4.48. The Bertz CT molecular complexity index is 213. The molecule has 2 nitrogen and oxygen atoms in total. The van der Waals surface area contributed by atoms with Crippen molar-refractivity contribution in [3.05, 3.63) is 16.6 Å². The Morgan fingerprint density at radius 1 is 1.69 bits per heavy atom. The molecule has 0 aliphatic heterocycles. The molecule has 1 rings (SSSR count). The quantitative estimate of drug-likeness (QED) is 0.743. The Balaban J connectivity index is 2.07. The molecular formula is C9H15ClN2S. The number of hydrogen-bond acceptors (Lipinski definition) is 3. The van der Waals surface area contributed by atoms with E-state index in [4.69, 9.17) is 11.6 Å². The van der Waals surface area contributed by atoms with Crippen molar-refractivity contribution in [2.75, 3.05) is 12.4 Å². The van der Waals surface area contributed by atoms with Crippen LogP contribution >= 0.6 is 22.9 Å². The molecule has 0 aromatic carbocycles. The van der Waals surface area contributed by atoms with Crippen molar-refractivity contribution in [1.29, 1.82) is 0 Å². The summed E-state index contributed by atoms with van der Waals surface area (Å²) in [6.45, 7) is 4.10. The zero-order valence-electron chi connectivity index (χ0n) is 7.79. The summed E-state index contributed by atoms with van der Waals surface area (Å²) in [4.78, 5) is 4.19. The highest BCUT2D eigenvalue weighted by Crippen LogP contribution is 2.04. The fraction of sp³-hybridized carbons (Fsp3) is 0.667. The van der Waals surface area contributed by atoms with E-state index in [9.17, 15) is 0 Å². The largest absolute Gasteiger partial charge is 0.310 e. The molecule has 0 aliphatic carbocycles. The second kappa shape index (κ2) is 6.35. The van der Waals surface area contributed by atoms with Gasteiger partial charge in [0.15, 0.2) is 0 Å². The molecule has 74 valence electrons. The third-order valence-corrected chi connectivity index (χ3v) is 2.85. The van der Waals surface area contributed by atoms with Crippen molar-refractivity contribution in [3.63, 3.8) is 0 Å². The molecule has 0 radical (unpaired) electrons. The van der Waals surface area contributed by atoms with Crippen LogP contribution < -0.4 is 5.32 Å². The van der Waals surface area contributed by atoms with Gasteiger partial charge in [-0.1, -0.05) is 6.92 Å². The number of rotatable bonds is 6. The van der Waals surface area contributed by atoms with E-state index in [1.54, 1.807) is 11.3 Å². The van der Waals surface area contributed by atoms with E-state index in [1.165, 1.54) is 0 Å². The Labute approximate surface area is 88.3 Å². The number of aromatic nitrogens is 1. The van der Waals surface area contributed by atoms with Crippen LogP contribution in [0, 0.1) is 5.92 Å². The lowest BCUT2D eigenvalue weighted by Gasteiger charge is -2.09. The average Bonchev–Trinajstić information content (AvgIpc) is 2.57. The highest BCUT2D eigenvalue weighted by Gasteiger charge is 2.00. The number of alkyl halides is 1. The maximum absolute atomic E-state index is 5.64. The minimum Gasteiger partial charge on any atom is -0.310 e. The van der Waals surface area contributed by atoms with Gasteiger partial charge in [-0.25, -0.2) is 4.98 Å². The van der Waals surface area contributed by atoms with Crippen LogP contribution in [0.3, 0.4) is 0 Å². The van der Waals surface area contributed by atoms with Gasteiger partial charge in [-0.15, -0.1) is 22.9 Å². The topological polar surface area (TPSA) is 24.9 Å². The Hall–Kier alpha value is -0.120. The van der Waals surface area contributed by atoms with Crippen molar-refractivity contribution >= 4 is 22.9 Å². The van der Waals surface area contributed by atoms with Gasteiger partial charge in [-0.05, 0) is 18.9 Å². The first-order valence-corrected chi connectivity index (χ1v) is 5.89. The van der Waals surface area contributed by atoms with Crippen molar-refractivity contribution < 1.29 is 0 Å². The van der Waals surface area contributed by atoms with Gasteiger partial charge in [0.2, 0.25) is 0 Å². The van der Waals surface area contributed by atoms with Gasteiger partial charge in [0.05, 0.1) is 0 Å². The summed E-state index contributed by atoms with van der Waals surface area (Å²) in [5.41, 5.74) is 0. The summed E-state index contributed by atoms with van der Waals surface area (Å²) in [5, 5.41) is 6.51. The van der Waals surface area contributed by atoms with Gasteiger partial charge in [0.25, 0.3) is 0 Å². The molecule has 1 heterocycles. The maximum Gasteiger partial charge on any atom is 0.106 e. The summed E-state index contributed by atoms with van der Waals surface area (Å²) < 4.78 is 0. The fourth-order valence-electron chi connectivity index (χ4n) is 1.05. The fourth-order valence-corrected chi connectivity index (χ4v) is 2.01. The van der Waals surface area contributed by atoms with Crippen molar-refractivity contribution in [2.24, 2.45) is 5.92 Å². The van der Waals surface area contributed by atoms with E-state index in [1.807, 2.05) is 11.6 Å². The van der Waals surface area contributed by atoms with E-state index in [2.05, 4.69) is 17.2 Å². The van der Waals surface area contributed by atoms with Crippen molar-refractivity contribution in [1.82, 2.24) is 10.3 Å². The van der Waals surface area contributed by atoms with Crippen LogP contribution in [0.5, 0.6) is 0 Å². The lowest BCUT2D eigenvalue weighted by atomic mass is 10.1. The molecule has 1 aromatic heterocycles. The molecule has 1 aromatic rings. The highest BCUT2D eigenvalue weighted by molar-refractivity contribution is 7.09. The first kappa shape index (κ1) is 11.0. The van der Waals surface area contributed by atoms with Crippen LogP contribution in [-0.4, -0.2) is 17.4 Å². The minimum atomic E-state index is 0.650. The molecule has 4 heteroatoms. The zero-order chi connectivity index (χ0) is 9.52. The van der Waals surface area contributed by atoms with E-state index < -0.39 is 0 Å². The molecular weight excluding hydrogens is 204 g/mol. The average molecular weight is 219 g/mol. The van der Waals surface area contributed by atoms with Crippen LogP contribution in [0.2, 0.25) is 0 Å². The third kappa shape index (κ3) is 4.60. The SMILES string of the molecule is CC(CCCl)CNCc1nccs1. The molecule has 0 saturated carbocycles. The van der Waals surface area contributed by atoms with E-state index in [0.717, 1.165) is 30.4 Å². The minimum absolute atomic E-state index is 0.650. The van der Waals surface area contributed by atoms with Crippen LogP contribution in [0.25, 0.3) is 0 Å². The normalized spacial score (nSPS) is 13.1. The van der Waals surface area contributed by atoms with Crippen LogP contribution in [0.15, 0.2) is 11.6 Å².